The number of hydrogen-bond acceptors (Lipinski definition) is 4. The normalized spacial score (nSPS) is 11.1. The molecule has 2 aromatic rings. The summed E-state index contributed by atoms with van der Waals surface area (Å²) in [4.78, 5) is 4.01. The Morgan fingerprint density at radius 1 is 1.24 bits per heavy atom. The van der Waals surface area contributed by atoms with Crippen LogP contribution in [0, 0.1) is 3.57 Å². The van der Waals surface area contributed by atoms with Crippen LogP contribution in [0.2, 0.25) is 0 Å². The minimum Gasteiger partial charge on any atom is -0.383 e. The first-order valence-electron chi connectivity index (χ1n) is 6.50. The van der Waals surface area contributed by atoms with Crippen molar-refractivity contribution in [1.82, 2.24) is 4.98 Å². The van der Waals surface area contributed by atoms with Crippen LogP contribution in [0.5, 0.6) is 0 Å². The molecule has 2 N–H and O–H groups in total. The summed E-state index contributed by atoms with van der Waals surface area (Å²) >= 11 is 2.13. The Bertz CT molecular complexity index is 720. The summed E-state index contributed by atoms with van der Waals surface area (Å²) in [5, 5.41) is 3.09. The van der Waals surface area contributed by atoms with Gasteiger partial charge in [0.25, 0.3) is 10.0 Å². The number of rotatable bonds is 6. The molecule has 0 aliphatic heterocycles. The highest BCUT2D eigenvalue weighted by molar-refractivity contribution is 14.1. The summed E-state index contributed by atoms with van der Waals surface area (Å²) < 4.78 is 28.5. The summed E-state index contributed by atoms with van der Waals surface area (Å²) in [6.45, 7) is 2.71. The summed E-state index contributed by atoms with van der Waals surface area (Å²) in [6.07, 6.45) is 2.37. The first-order valence-corrected chi connectivity index (χ1v) is 9.06. The van der Waals surface area contributed by atoms with Gasteiger partial charge in [-0.1, -0.05) is 13.0 Å². The number of benzene rings is 1. The molecule has 0 spiro atoms. The fraction of sp³-hybridized carbons (Fsp3) is 0.214. The molecule has 0 radical (unpaired) electrons. The number of aromatic nitrogens is 1. The lowest BCUT2D eigenvalue weighted by Crippen LogP contribution is -2.17. The Kier molecular flexibility index (Phi) is 5.40. The SMILES string of the molecule is CCCNc1cccnc1S(=O)(=O)Nc1cccc(I)c1. The second-order valence-electron chi connectivity index (χ2n) is 4.40. The molecule has 0 amide bonds. The fourth-order valence-electron chi connectivity index (χ4n) is 1.75. The van der Waals surface area contributed by atoms with E-state index in [0.29, 0.717) is 17.9 Å². The van der Waals surface area contributed by atoms with Gasteiger partial charge in [-0.3, -0.25) is 4.72 Å². The quantitative estimate of drug-likeness (QED) is 0.708. The highest BCUT2D eigenvalue weighted by Crippen LogP contribution is 2.22. The van der Waals surface area contributed by atoms with Crippen molar-refractivity contribution in [2.75, 3.05) is 16.6 Å². The molecule has 112 valence electrons. The summed E-state index contributed by atoms with van der Waals surface area (Å²) in [5.74, 6) is 0. The smallest absolute Gasteiger partial charge is 0.281 e. The van der Waals surface area contributed by atoms with E-state index < -0.39 is 10.0 Å². The molecule has 0 aliphatic rings. The third-order valence-corrected chi connectivity index (χ3v) is 4.68. The van der Waals surface area contributed by atoms with Crippen molar-refractivity contribution in [3.63, 3.8) is 0 Å². The van der Waals surface area contributed by atoms with Gasteiger partial charge in [0.05, 0.1) is 5.69 Å². The predicted molar refractivity (Wildman–Crippen MR) is 93.0 cm³/mol. The second kappa shape index (κ2) is 7.08. The molecule has 0 saturated heterocycles. The molecule has 0 atom stereocenters. The Morgan fingerprint density at radius 2 is 2.05 bits per heavy atom. The maximum absolute atomic E-state index is 12.5. The molecule has 2 rings (SSSR count). The fourth-order valence-corrected chi connectivity index (χ4v) is 3.46. The van der Waals surface area contributed by atoms with E-state index in [4.69, 9.17) is 0 Å². The summed E-state index contributed by atoms with van der Waals surface area (Å²) in [6, 6.07) is 10.6. The second-order valence-corrected chi connectivity index (χ2v) is 7.24. The maximum Gasteiger partial charge on any atom is 0.281 e. The third-order valence-electron chi connectivity index (χ3n) is 2.67. The molecule has 1 aromatic heterocycles. The van der Waals surface area contributed by atoms with Crippen molar-refractivity contribution in [2.45, 2.75) is 18.4 Å². The van der Waals surface area contributed by atoms with E-state index >= 15 is 0 Å². The molecule has 21 heavy (non-hydrogen) atoms. The molecule has 0 fully saturated rings. The average Bonchev–Trinajstić information content (AvgIpc) is 2.45. The number of sulfonamides is 1. The van der Waals surface area contributed by atoms with Crippen molar-refractivity contribution >= 4 is 44.0 Å². The lowest BCUT2D eigenvalue weighted by Gasteiger charge is -2.12. The molecule has 1 aromatic carbocycles. The topological polar surface area (TPSA) is 71.1 Å². The van der Waals surface area contributed by atoms with Crippen molar-refractivity contribution in [3.8, 4) is 0 Å². The van der Waals surface area contributed by atoms with Gasteiger partial charge in [0.1, 0.15) is 0 Å². The van der Waals surface area contributed by atoms with Crippen LogP contribution in [0.1, 0.15) is 13.3 Å². The van der Waals surface area contributed by atoms with Gasteiger partial charge in [0.15, 0.2) is 5.03 Å². The van der Waals surface area contributed by atoms with E-state index in [1.54, 1.807) is 30.3 Å². The van der Waals surface area contributed by atoms with E-state index in [0.717, 1.165) is 9.99 Å². The van der Waals surface area contributed by atoms with Gasteiger partial charge in [-0.05, 0) is 59.3 Å². The molecule has 1 heterocycles. The Morgan fingerprint density at radius 3 is 2.76 bits per heavy atom. The molecule has 0 bridgehead atoms. The minimum absolute atomic E-state index is 0.0114. The molecule has 0 unspecified atom stereocenters. The molecule has 7 heteroatoms. The third kappa shape index (κ3) is 4.31. The zero-order valence-electron chi connectivity index (χ0n) is 11.5. The average molecular weight is 417 g/mol. The number of anilines is 2. The minimum atomic E-state index is -3.72. The predicted octanol–water partition coefficient (Wildman–Crippen LogP) is 3.31. The molecular formula is C14H16IN3O2S. The van der Waals surface area contributed by atoms with Crippen molar-refractivity contribution in [1.29, 1.82) is 0 Å². The van der Waals surface area contributed by atoms with Crippen LogP contribution in [-0.4, -0.2) is 19.9 Å². The molecule has 0 aliphatic carbocycles. The van der Waals surface area contributed by atoms with Crippen LogP contribution in [-0.2, 0) is 10.0 Å². The first kappa shape index (κ1) is 16.0. The summed E-state index contributed by atoms with van der Waals surface area (Å²) in [5.41, 5.74) is 1.03. The number of nitrogens with zero attached hydrogens (tertiary/aromatic N) is 1. The van der Waals surface area contributed by atoms with Crippen LogP contribution < -0.4 is 10.0 Å². The van der Waals surface area contributed by atoms with Crippen LogP contribution in [0.3, 0.4) is 0 Å². The van der Waals surface area contributed by atoms with E-state index in [1.807, 2.05) is 13.0 Å². The van der Waals surface area contributed by atoms with Gasteiger partial charge in [-0.2, -0.15) is 8.42 Å². The van der Waals surface area contributed by atoms with Crippen LogP contribution >= 0.6 is 22.6 Å². The van der Waals surface area contributed by atoms with Crippen LogP contribution in [0.15, 0.2) is 47.6 Å². The highest BCUT2D eigenvalue weighted by Gasteiger charge is 2.20. The number of hydrogen-bond donors (Lipinski definition) is 2. The highest BCUT2D eigenvalue weighted by atomic mass is 127. The number of halogens is 1. The summed E-state index contributed by atoms with van der Waals surface area (Å²) in [7, 11) is -3.72. The van der Waals surface area contributed by atoms with Gasteiger partial charge >= 0.3 is 0 Å². The van der Waals surface area contributed by atoms with Gasteiger partial charge < -0.3 is 5.32 Å². The van der Waals surface area contributed by atoms with E-state index in [1.165, 1.54) is 6.20 Å². The zero-order valence-corrected chi connectivity index (χ0v) is 14.5. The Hall–Kier alpha value is -1.35. The lowest BCUT2D eigenvalue weighted by atomic mass is 10.3. The monoisotopic (exact) mass is 417 g/mol. The number of pyridine rings is 1. The van der Waals surface area contributed by atoms with Gasteiger partial charge in [-0.15, -0.1) is 0 Å². The van der Waals surface area contributed by atoms with Crippen LogP contribution in [0.4, 0.5) is 11.4 Å². The first-order chi connectivity index (χ1) is 10.0. The molecule has 0 saturated carbocycles. The van der Waals surface area contributed by atoms with E-state index in [9.17, 15) is 8.42 Å². The van der Waals surface area contributed by atoms with Gasteiger partial charge in [0, 0.05) is 22.0 Å². The molecule has 5 nitrogen and oxygen atoms in total. The largest absolute Gasteiger partial charge is 0.383 e. The number of nitrogens with one attached hydrogen (secondary N) is 2. The maximum atomic E-state index is 12.5. The molecular weight excluding hydrogens is 401 g/mol. The van der Waals surface area contributed by atoms with E-state index in [2.05, 4.69) is 37.6 Å². The van der Waals surface area contributed by atoms with Crippen LogP contribution in [0.25, 0.3) is 0 Å². The van der Waals surface area contributed by atoms with Gasteiger partial charge in [0.2, 0.25) is 0 Å². The van der Waals surface area contributed by atoms with Crippen molar-refractivity contribution in [2.24, 2.45) is 0 Å². The standard InChI is InChI=1S/C14H16IN3O2S/c1-2-8-16-13-7-4-9-17-14(13)21(19,20)18-12-6-3-5-11(15)10-12/h3-7,9-10,16,18H,2,8H2,1H3. The zero-order chi connectivity index (χ0) is 15.3. The van der Waals surface area contributed by atoms with Crippen molar-refractivity contribution < 1.29 is 8.42 Å². The lowest BCUT2D eigenvalue weighted by molar-refractivity contribution is 0.598. The Balaban J connectivity index is 2.31. The van der Waals surface area contributed by atoms with Gasteiger partial charge in [-0.25, -0.2) is 4.98 Å². The van der Waals surface area contributed by atoms with Crippen molar-refractivity contribution in [3.05, 3.63) is 46.2 Å². The Labute approximate surface area is 138 Å². The van der Waals surface area contributed by atoms with E-state index in [-0.39, 0.29) is 5.03 Å².